The largest absolute Gasteiger partial charge is 0.481 e. The first kappa shape index (κ1) is 64.1. The molecule has 0 bridgehead atoms. The summed E-state index contributed by atoms with van der Waals surface area (Å²) >= 11 is 0. The molecule has 2 rings (SSSR count). The minimum Gasteiger partial charge on any atom is -0.462 e. The van der Waals surface area contributed by atoms with Crippen LogP contribution in [0.1, 0.15) is 188 Å². The second kappa shape index (κ2) is 37.6. The Kier molecular flexibility index (Phi) is 34.0. The molecule has 7 N–H and O–H groups in total. The number of hydrogen-bond donors (Lipinski definition) is 6. The van der Waals surface area contributed by atoms with Crippen LogP contribution in [0.2, 0.25) is 0 Å². The summed E-state index contributed by atoms with van der Waals surface area (Å²) in [5.41, 5.74) is 4.58. The number of nitrogens with two attached hydrogens (primary N) is 1. The Morgan fingerprint density at radius 3 is 1.89 bits per heavy atom. The molecule has 2 heterocycles. The number of nitrogen functional groups attached to an aromatic ring is 1. The third-order valence-electron chi connectivity index (χ3n) is 11.8. The van der Waals surface area contributed by atoms with Gasteiger partial charge in [0.2, 0.25) is 0 Å². The highest BCUT2D eigenvalue weighted by Gasteiger charge is 2.46. The molecule has 408 valence electrons. The van der Waals surface area contributed by atoms with Crippen LogP contribution >= 0.6 is 15.6 Å². The summed E-state index contributed by atoms with van der Waals surface area (Å²) < 4.78 is 56.8. The standard InChI is InChI=1S/C50H87N3O16P2/c1-4-5-6-7-16-21-26-31-41(54)32-27-22-19-24-29-34-46(56)67-42(37-64-45(55)33-28-23-18-15-13-11-9-8-10-12-14-17-20-25-30-40(2)3)38-65-70(60,61)69-71(62,63)66-39-43-47(57)48(58)49(68-43)53-36-35-44(51)52-50(53)59/h5-6,16,21,26,31,35-36,40-43,47-49,54,57-58H,4,7-15,17-20,22-25,27-30,32-34,37-39H2,1-3H3,(H,60,61)(H,62,63)(H2,51,52,59)/b6-5+,21-16+,31-26+/t41?,42-,43-,47-,48-,49-/m1/s1. The van der Waals surface area contributed by atoms with E-state index in [1.54, 1.807) is 6.08 Å². The van der Waals surface area contributed by atoms with Gasteiger partial charge in [-0.05, 0) is 44.1 Å². The van der Waals surface area contributed by atoms with Crippen LogP contribution in [0.15, 0.2) is 53.5 Å². The minimum absolute atomic E-state index is 0.0185. The normalized spacial score (nSPS) is 20.0. The van der Waals surface area contributed by atoms with Gasteiger partial charge >= 0.3 is 33.3 Å². The minimum atomic E-state index is -5.44. The first-order valence-electron chi connectivity index (χ1n) is 26.0. The van der Waals surface area contributed by atoms with E-state index >= 15 is 0 Å². The van der Waals surface area contributed by atoms with Crippen molar-refractivity contribution in [2.45, 2.75) is 218 Å². The maximum Gasteiger partial charge on any atom is 0.481 e. The highest BCUT2D eigenvalue weighted by molar-refractivity contribution is 7.61. The molecule has 0 amide bonds. The summed E-state index contributed by atoms with van der Waals surface area (Å²) in [6.07, 6.45) is 28.2. The third kappa shape index (κ3) is 31.3. The van der Waals surface area contributed by atoms with Crippen molar-refractivity contribution in [1.29, 1.82) is 0 Å². The summed E-state index contributed by atoms with van der Waals surface area (Å²) in [6.45, 7) is 4.26. The number of aromatic nitrogens is 2. The van der Waals surface area contributed by atoms with Gasteiger partial charge in [0.05, 0.1) is 19.3 Å². The van der Waals surface area contributed by atoms with Crippen LogP contribution in [-0.4, -0.2) is 96.9 Å². The number of rotatable bonds is 42. The molecule has 1 aliphatic rings. The van der Waals surface area contributed by atoms with Gasteiger partial charge in [-0.15, -0.1) is 0 Å². The number of hydrogen-bond acceptors (Lipinski definition) is 16. The summed E-state index contributed by atoms with van der Waals surface area (Å²) in [6, 6.07) is 1.24. The summed E-state index contributed by atoms with van der Waals surface area (Å²) in [4.78, 5) is 61.9. The molecule has 1 fully saturated rings. The number of allylic oxidation sites excluding steroid dienone is 5. The second-order valence-electron chi connectivity index (χ2n) is 18.7. The zero-order valence-electron chi connectivity index (χ0n) is 42.6. The number of ether oxygens (including phenoxy) is 3. The first-order chi connectivity index (χ1) is 33.9. The molecule has 0 radical (unpaired) electrons. The Bertz CT molecular complexity index is 1860. The molecule has 19 nitrogen and oxygen atoms in total. The van der Waals surface area contributed by atoms with Crippen LogP contribution in [0.4, 0.5) is 5.82 Å². The molecule has 1 aromatic rings. The van der Waals surface area contributed by atoms with E-state index in [9.17, 15) is 48.6 Å². The zero-order valence-corrected chi connectivity index (χ0v) is 44.3. The van der Waals surface area contributed by atoms with Crippen LogP contribution in [0.25, 0.3) is 0 Å². The molecule has 1 aromatic heterocycles. The zero-order chi connectivity index (χ0) is 52.3. The molecule has 1 saturated heterocycles. The monoisotopic (exact) mass is 1050 g/mol. The molecule has 8 atom stereocenters. The van der Waals surface area contributed by atoms with Crippen molar-refractivity contribution in [2.75, 3.05) is 25.6 Å². The van der Waals surface area contributed by atoms with E-state index in [1.807, 2.05) is 18.2 Å². The Labute approximate surface area is 421 Å². The number of carbonyl (C=O) groups excluding carboxylic acids is 2. The van der Waals surface area contributed by atoms with E-state index in [0.29, 0.717) is 25.7 Å². The van der Waals surface area contributed by atoms with Crippen molar-refractivity contribution in [3.8, 4) is 0 Å². The van der Waals surface area contributed by atoms with E-state index in [0.717, 1.165) is 74.5 Å². The summed E-state index contributed by atoms with van der Waals surface area (Å²) in [5.74, 6) is -0.581. The molecule has 21 heteroatoms. The van der Waals surface area contributed by atoms with E-state index < -0.39 is 89.8 Å². The Morgan fingerprint density at radius 1 is 0.761 bits per heavy atom. The number of anilines is 1. The van der Waals surface area contributed by atoms with Gasteiger partial charge < -0.3 is 45.1 Å². The van der Waals surface area contributed by atoms with Gasteiger partial charge in [-0.3, -0.25) is 23.2 Å². The molecule has 0 aromatic carbocycles. The predicted molar refractivity (Wildman–Crippen MR) is 272 cm³/mol. The highest BCUT2D eigenvalue weighted by atomic mass is 31.3. The SMILES string of the molecule is CC/C=C/C/C=C/C=C/C(O)CCCCCCCC(=O)O[C@H](COC(=O)CCCCCCCCCCCCCCCCC(C)C)COP(=O)(O)OP(=O)(O)OC[C@H]1O[C@@H](n2ccc(N)nc2=O)[C@H](O)[C@@H]1O. The van der Waals surface area contributed by atoms with Crippen LogP contribution in [0.3, 0.4) is 0 Å². The molecule has 0 spiro atoms. The van der Waals surface area contributed by atoms with Gasteiger partial charge in [0.1, 0.15) is 30.7 Å². The molecular weight excluding hydrogens is 961 g/mol. The quantitative estimate of drug-likeness (QED) is 0.0117. The lowest BCUT2D eigenvalue weighted by Gasteiger charge is -2.21. The van der Waals surface area contributed by atoms with E-state index in [1.165, 1.54) is 70.3 Å². The fraction of sp³-hybridized carbons (Fsp3) is 0.760. The number of phosphoric acid groups is 2. The van der Waals surface area contributed by atoms with Gasteiger partial charge in [-0.2, -0.15) is 9.29 Å². The number of carbonyl (C=O) groups is 2. The summed E-state index contributed by atoms with van der Waals surface area (Å²) in [7, 11) is -10.9. The predicted octanol–water partition coefficient (Wildman–Crippen LogP) is 9.61. The number of esters is 2. The second-order valence-corrected chi connectivity index (χ2v) is 21.7. The van der Waals surface area contributed by atoms with Crippen LogP contribution < -0.4 is 11.4 Å². The van der Waals surface area contributed by atoms with Crippen LogP contribution in [0.5, 0.6) is 0 Å². The van der Waals surface area contributed by atoms with Gasteiger partial charge in [0.25, 0.3) is 0 Å². The van der Waals surface area contributed by atoms with Crippen molar-refractivity contribution in [1.82, 2.24) is 9.55 Å². The van der Waals surface area contributed by atoms with Crippen LogP contribution in [-0.2, 0) is 46.3 Å². The Hall–Kier alpha value is -3.06. The van der Waals surface area contributed by atoms with Crippen molar-refractivity contribution >= 4 is 33.4 Å². The molecular formula is C50H87N3O16P2. The fourth-order valence-corrected chi connectivity index (χ4v) is 9.85. The maximum absolute atomic E-state index is 12.9. The highest BCUT2D eigenvalue weighted by Crippen LogP contribution is 2.60. The van der Waals surface area contributed by atoms with Crippen molar-refractivity contribution in [2.24, 2.45) is 5.92 Å². The van der Waals surface area contributed by atoms with Gasteiger partial charge in [0.15, 0.2) is 12.3 Å². The van der Waals surface area contributed by atoms with Gasteiger partial charge in [-0.1, -0.05) is 173 Å². The number of aliphatic hydroxyl groups excluding tert-OH is 3. The molecule has 3 unspecified atom stereocenters. The number of aliphatic hydroxyl groups is 3. The maximum atomic E-state index is 12.9. The molecule has 1 aliphatic heterocycles. The van der Waals surface area contributed by atoms with Crippen molar-refractivity contribution in [3.63, 3.8) is 0 Å². The average molecular weight is 1050 g/mol. The van der Waals surface area contributed by atoms with Crippen molar-refractivity contribution < 1.29 is 71.4 Å². The number of nitrogens with zero attached hydrogens (tertiary/aromatic N) is 2. The first-order valence-corrected chi connectivity index (χ1v) is 29.0. The number of phosphoric ester groups is 2. The molecule has 0 saturated carbocycles. The van der Waals surface area contributed by atoms with E-state index in [4.69, 9.17) is 29.0 Å². The lowest BCUT2D eigenvalue weighted by atomic mass is 10.0. The van der Waals surface area contributed by atoms with Crippen molar-refractivity contribution in [3.05, 3.63) is 59.2 Å². The van der Waals surface area contributed by atoms with E-state index in [2.05, 4.69) is 42.2 Å². The number of unbranched alkanes of at least 4 members (excludes halogenated alkanes) is 17. The average Bonchev–Trinajstić information content (AvgIpc) is 3.59. The molecule has 0 aliphatic carbocycles. The summed E-state index contributed by atoms with van der Waals surface area (Å²) in [5, 5.41) is 31.1. The third-order valence-corrected chi connectivity index (χ3v) is 14.4. The van der Waals surface area contributed by atoms with E-state index in [-0.39, 0.29) is 18.7 Å². The van der Waals surface area contributed by atoms with Gasteiger partial charge in [0, 0.05) is 19.0 Å². The fourth-order valence-electron chi connectivity index (χ4n) is 7.74. The van der Waals surface area contributed by atoms with Gasteiger partial charge in [-0.25, -0.2) is 13.9 Å². The van der Waals surface area contributed by atoms with Crippen LogP contribution in [0, 0.1) is 5.92 Å². The lowest BCUT2D eigenvalue weighted by Crippen LogP contribution is -2.36. The Morgan fingerprint density at radius 2 is 1.31 bits per heavy atom. The molecule has 71 heavy (non-hydrogen) atoms. The lowest BCUT2D eigenvalue weighted by molar-refractivity contribution is -0.161. The topological polar surface area (TPSA) is 286 Å². The Balaban J connectivity index is 1.81. The smallest absolute Gasteiger partial charge is 0.462 e.